The number of amides is 2. The van der Waals surface area contributed by atoms with Crippen LogP contribution in [0.4, 0.5) is 10.5 Å². The number of hydrogen-bond donors (Lipinski definition) is 2. The molecule has 0 aromatic heterocycles. The van der Waals surface area contributed by atoms with Crippen LogP contribution >= 0.6 is 0 Å². The van der Waals surface area contributed by atoms with Crippen molar-refractivity contribution >= 4 is 11.7 Å². The van der Waals surface area contributed by atoms with Crippen molar-refractivity contribution in [3.63, 3.8) is 0 Å². The molecule has 1 aromatic carbocycles. The second-order valence-corrected chi connectivity index (χ2v) is 2.70. The van der Waals surface area contributed by atoms with Crippen LogP contribution in [0.15, 0.2) is 12.1 Å². The molecule has 4 heteroatoms. The molecule has 13 heavy (non-hydrogen) atoms. The maximum Gasteiger partial charge on any atom is 0.305 e. The Labute approximate surface area is 92.0 Å². The zero-order chi connectivity index (χ0) is 9.14. The van der Waals surface area contributed by atoms with Gasteiger partial charge in [-0.2, -0.15) is 23.8 Å². The summed E-state index contributed by atoms with van der Waals surface area (Å²) in [4.78, 5) is 10.5. The van der Waals surface area contributed by atoms with Crippen LogP contribution in [0.25, 0.3) is 0 Å². The third-order valence-corrected chi connectivity index (χ3v) is 1.56. The van der Waals surface area contributed by atoms with Gasteiger partial charge in [0.05, 0.1) is 0 Å². The fourth-order valence-electron chi connectivity index (χ4n) is 1.01. The van der Waals surface area contributed by atoms with Crippen LogP contribution in [-0.2, 0) is 21.1 Å². The Kier molecular flexibility index (Phi) is 4.71. The van der Waals surface area contributed by atoms with Crippen molar-refractivity contribution in [1.82, 2.24) is 0 Å². The van der Waals surface area contributed by atoms with Crippen molar-refractivity contribution < 1.29 is 25.9 Å². The molecule has 0 bridgehead atoms. The first-order chi connectivity index (χ1) is 5.59. The van der Waals surface area contributed by atoms with E-state index in [0.29, 0.717) is 5.69 Å². The molecule has 0 atom stereocenters. The van der Waals surface area contributed by atoms with E-state index in [1.54, 1.807) is 6.07 Å². The minimum absolute atomic E-state index is 0. The van der Waals surface area contributed by atoms with Crippen LogP contribution in [0.5, 0.6) is 0 Å². The fourth-order valence-corrected chi connectivity index (χ4v) is 1.01. The van der Waals surface area contributed by atoms with Gasteiger partial charge in [0.25, 0.3) is 0 Å². The van der Waals surface area contributed by atoms with Gasteiger partial charge in [0.1, 0.15) is 0 Å². The molecule has 1 rings (SSSR count). The van der Waals surface area contributed by atoms with Gasteiger partial charge in [0.2, 0.25) is 0 Å². The number of benzene rings is 1. The third-order valence-electron chi connectivity index (χ3n) is 1.56. The van der Waals surface area contributed by atoms with Crippen molar-refractivity contribution in [2.45, 2.75) is 13.8 Å². The summed E-state index contributed by atoms with van der Waals surface area (Å²) in [7, 11) is 0. The molecule has 0 fully saturated rings. The van der Waals surface area contributed by atoms with Crippen molar-refractivity contribution in [3.05, 3.63) is 29.3 Å². The Hall–Kier alpha value is -0.822. The normalized spacial score (nSPS) is 8.77. The van der Waals surface area contributed by atoms with Crippen LogP contribution < -0.4 is 11.1 Å². The minimum Gasteiger partial charge on any atom is -0.361 e. The SMILES string of the molecule is Cc1[c-]cc(NC(N)=O)c(C)c1.[W]. The van der Waals surface area contributed by atoms with Crippen LogP contribution in [0.3, 0.4) is 0 Å². The average Bonchev–Trinajstić information content (AvgIpc) is 1.94. The molecule has 0 aliphatic rings. The molecule has 0 spiro atoms. The van der Waals surface area contributed by atoms with Gasteiger partial charge in [0, 0.05) is 21.1 Å². The van der Waals surface area contributed by atoms with E-state index in [0.717, 1.165) is 11.1 Å². The van der Waals surface area contributed by atoms with E-state index >= 15 is 0 Å². The maximum absolute atomic E-state index is 10.5. The van der Waals surface area contributed by atoms with Crippen LogP contribution in [0.2, 0.25) is 0 Å². The number of rotatable bonds is 1. The summed E-state index contributed by atoms with van der Waals surface area (Å²) in [6.45, 7) is 3.85. The molecule has 0 radical (unpaired) electrons. The second kappa shape index (κ2) is 5.03. The Balaban J connectivity index is 0.00000144. The molecule has 70 valence electrons. The van der Waals surface area contributed by atoms with E-state index < -0.39 is 6.03 Å². The molecule has 3 N–H and O–H groups in total. The quantitative estimate of drug-likeness (QED) is 0.745. The minimum atomic E-state index is -0.546. The van der Waals surface area contributed by atoms with Gasteiger partial charge in [-0.05, 0) is 0 Å². The monoisotopic (exact) mass is 347 g/mol. The largest absolute Gasteiger partial charge is 0.361 e. The molecule has 3 nitrogen and oxygen atoms in total. The number of anilines is 1. The Morgan fingerprint density at radius 2 is 2.15 bits per heavy atom. The predicted molar refractivity (Wildman–Crippen MR) is 48.0 cm³/mol. The predicted octanol–water partition coefficient (Wildman–Crippen LogP) is 1.59. The number of urea groups is 1. The summed E-state index contributed by atoms with van der Waals surface area (Å²) in [6.07, 6.45) is 0. The smallest absolute Gasteiger partial charge is 0.305 e. The summed E-state index contributed by atoms with van der Waals surface area (Å²) in [6, 6.07) is 6.08. The Morgan fingerprint density at radius 3 is 2.62 bits per heavy atom. The average molecular weight is 347 g/mol. The molecule has 0 saturated heterocycles. The first-order valence-electron chi connectivity index (χ1n) is 3.65. The number of carbonyl (C=O) groups excluding carboxylic acids is 1. The maximum atomic E-state index is 10.5. The summed E-state index contributed by atoms with van der Waals surface area (Å²) in [5.41, 5.74) is 7.72. The van der Waals surface area contributed by atoms with Gasteiger partial charge in [-0.3, -0.25) is 0 Å². The van der Waals surface area contributed by atoms with Gasteiger partial charge in [-0.15, -0.1) is 5.56 Å². The summed E-state index contributed by atoms with van der Waals surface area (Å²) in [5.74, 6) is 0. The van der Waals surface area contributed by atoms with Crippen molar-refractivity contribution in [1.29, 1.82) is 0 Å². The first-order valence-corrected chi connectivity index (χ1v) is 3.65. The topological polar surface area (TPSA) is 55.1 Å². The van der Waals surface area contributed by atoms with Crippen molar-refractivity contribution in [2.75, 3.05) is 5.32 Å². The summed E-state index contributed by atoms with van der Waals surface area (Å²) >= 11 is 0. The van der Waals surface area contributed by atoms with E-state index in [1.807, 2.05) is 19.9 Å². The van der Waals surface area contributed by atoms with Crippen LogP contribution in [-0.4, -0.2) is 6.03 Å². The standard InChI is InChI=1S/C9H11N2O.W/c1-6-3-4-8(7(2)5-6)11-9(10)12;/h4-5H,1-2H3,(H3,10,11,12);/q-1;. The molecule has 0 heterocycles. The number of nitrogens with one attached hydrogen (secondary N) is 1. The van der Waals surface area contributed by atoms with Gasteiger partial charge in [0.15, 0.2) is 0 Å². The van der Waals surface area contributed by atoms with Crippen LogP contribution in [0.1, 0.15) is 11.1 Å². The molecular formula is C9H11N2OW-. The van der Waals surface area contributed by atoms with E-state index in [2.05, 4.69) is 11.4 Å². The van der Waals surface area contributed by atoms with Gasteiger partial charge in [-0.25, -0.2) is 4.79 Å². The Morgan fingerprint density at radius 1 is 1.54 bits per heavy atom. The number of hydrogen-bond acceptors (Lipinski definition) is 1. The number of primary amides is 1. The zero-order valence-corrected chi connectivity index (χ0v) is 10.5. The number of carbonyl (C=O) groups is 1. The van der Waals surface area contributed by atoms with Gasteiger partial charge >= 0.3 is 6.03 Å². The summed E-state index contributed by atoms with van der Waals surface area (Å²) in [5, 5.41) is 2.51. The van der Waals surface area contributed by atoms with E-state index in [1.165, 1.54) is 0 Å². The van der Waals surface area contributed by atoms with Crippen molar-refractivity contribution in [3.8, 4) is 0 Å². The third kappa shape index (κ3) is 3.60. The molecule has 0 unspecified atom stereocenters. The zero-order valence-electron chi connectivity index (χ0n) is 7.55. The molecule has 2 amide bonds. The van der Waals surface area contributed by atoms with E-state index in [4.69, 9.17) is 5.73 Å². The molecule has 1 aromatic rings. The van der Waals surface area contributed by atoms with E-state index in [-0.39, 0.29) is 21.1 Å². The van der Waals surface area contributed by atoms with Gasteiger partial charge < -0.3 is 11.1 Å². The molecule has 0 aliphatic heterocycles. The second-order valence-electron chi connectivity index (χ2n) is 2.70. The Bertz CT molecular complexity index is 312. The number of nitrogens with two attached hydrogens (primary N) is 1. The fraction of sp³-hybridized carbons (Fsp3) is 0.222. The summed E-state index contributed by atoms with van der Waals surface area (Å²) < 4.78 is 0. The first kappa shape index (κ1) is 12.2. The van der Waals surface area contributed by atoms with Gasteiger partial charge in [-0.1, -0.05) is 19.5 Å². The molecular weight excluding hydrogens is 336 g/mol. The molecule has 0 aliphatic carbocycles. The van der Waals surface area contributed by atoms with E-state index in [9.17, 15) is 4.79 Å². The number of aryl methyl sites for hydroxylation is 2. The van der Waals surface area contributed by atoms with Crippen molar-refractivity contribution in [2.24, 2.45) is 5.73 Å². The van der Waals surface area contributed by atoms with Crippen LogP contribution in [0, 0.1) is 19.9 Å². The molecule has 0 saturated carbocycles.